The highest BCUT2D eigenvalue weighted by Crippen LogP contribution is 2.22. The molecule has 78 valence electrons. The van der Waals surface area contributed by atoms with E-state index < -0.39 is 0 Å². The number of nitrogens with two attached hydrogens (primary N) is 1. The Hall–Kier alpha value is -1.18. The van der Waals surface area contributed by atoms with Gasteiger partial charge in [0, 0.05) is 16.9 Å². The van der Waals surface area contributed by atoms with E-state index in [0.29, 0.717) is 5.92 Å². The highest BCUT2D eigenvalue weighted by Gasteiger charge is 2.21. The molecule has 0 spiro atoms. The molecule has 0 aliphatic heterocycles. The lowest BCUT2D eigenvalue weighted by atomic mass is 9.90. The number of benzene rings is 1. The standard InChI is InChI=1S/C12H20N2/c1-9(2)12(3,4)14-11-7-5-10(13)6-8-11/h5-9,14H,13H2,1-4H3. The van der Waals surface area contributed by atoms with Gasteiger partial charge in [-0.05, 0) is 44.0 Å². The van der Waals surface area contributed by atoms with E-state index in [2.05, 4.69) is 33.0 Å². The average molecular weight is 192 g/mol. The summed E-state index contributed by atoms with van der Waals surface area (Å²) >= 11 is 0. The normalized spacial score (nSPS) is 11.8. The van der Waals surface area contributed by atoms with Crippen LogP contribution in [0.5, 0.6) is 0 Å². The first-order chi connectivity index (χ1) is 6.42. The molecular formula is C12H20N2. The van der Waals surface area contributed by atoms with Crippen LogP contribution in [0.4, 0.5) is 11.4 Å². The molecule has 1 aromatic carbocycles. The van der Waals surface area contributed by atoms with Crippen molar-refractivity contribution < 1.29 is 0 Å². The van der Waals surface area contributed by atoms with E-state index >= 15 is 0 Å². The zero-order valence-corrected chi connectivity index (χ0v) is 9.46. The predicted octanol–water partition coefficient (Wildman–Crippen LogP) is 3.12. The van der Waals surface area contributed by atoms with Gasteiger partial charge in [0.25, 0.3) is 0 Å². The first-order valence-corrected chi connectivity index (χ1v) is 5.05. The van der Waals surface area contributed by atoms with Crippen molar-refractivity contribution in [2.75, 3.05) is 11.1 Å². The van der Waals surface area contributed by atoms with Crippen LogP contribution in [0, 0.1) is 5.92 Å². The third kappa shape index (κ3) is 2.66. The minimum Gasteiger partial charge on any atom is -0.399 e. The highest BCUT2D eigenvalue weighted by molar-refractivity contribution is 5.52. The smallest absolute Gasteiger partial charge is 0.0345 e. The molecule has 0 bridgehead atoms. The molecule has 0 unspecified atom stereocenters. The zero-order valence-electron chi connectivity index (χ0n) is 9.46. The monoisotopic (exact) mass is 192 g/mol. The number of rotatable bonds is 3. The van der Waals surface area contributed by atoms with Crippen molar-refractivity contribution in [2.45, 2.75) is 33.2 Å². The van der Waals surface area contributed by atoms with Crippen molar-refractivity contribution >= 4 is 11.4 Å². The van der Waals surface area contributed by atoms with Gasteiger partial charge in [-0.1, -0.05) is 13.8 Å². The Morgan fingerprint density at radius 2 is 1.64 bits per heavy atom. The third-order valence-corrected chi connectivity index (χ3v) is 2.82. The molecule has 2 nitrogen and oxygen atoms in total. The number of nitrogen functional groups attached to an aromatic ring is 1. The molecule has 0 saturated heterocycles. The van der Waals surface area contributed by atoms with Crippen LogP contribution in [0.25, 0.3) is 0 Å². The second-order valence-electron chi connectivity index (χ2n) is 4.62. The Kier molecular flexibility index (Phi) is 3.04. The van der Waals surface area contributed by atoms with Gasteiger partial charge in [0.05, 0.1) is 0 Å². The molecule has 0 atom stereocenters. The molecular weight excluding hydrogens is 172 g/mol. The maximum absolute atomic E-state index is 5.62. The quantitative estimate of drug-likeness (QED) is 0.722. The minimum absolute atomic E-state index is 0.107. The van der Waals surface area contributed by atoms with E-state index in [1.807, 2.05) is 24.3 Å². The van der Waals surface area contributed by atoms with Crippen LogP contribution in [0.2, 0.25) is 0 Å². The van der Waals surface area contributed by atoms with Gasteiger partial charge in [-0.3, -0.25) is 0 Å². The Bertz CT molecular complexity index is 286. The van der Waals surface area contributed by atoms with E-state index in [1.165, 1.54) is 0 Å². The van der Waals surface area contributed by atoms with Gasteiger partial charge in [-0.15, -0.1) is 0 Å². The fourth-order valence-electron chi connectivity index (χ4n) is 1.08. The number of hydrogen-bond donors (Lipinski definition) is 2. The van der Waals surface area contributed by atoms with Gasteiger partial charge < -0.3 is 11.1 Å². The van der Waals surface area contributed by atoms with Crippen LogP contribution >= 0.6 is 0 Å². The van der Waals surface area contributed by atoms with E-state index in [0.717, 1.165) is 11.4 Å². The van der Waals surface area contributed by atoms with Gasteiger partial charge >= 0.3 is 0 Å². The summed E-state index contributed by atoms with van der Waals surface area (Å²) in [6.45, 7) is 8.83. The molecule has 0 radical (unpaired) electrons. The topological polar surface area (TPSA) is 38.0 Å². The molecule has 0 fully saturated rings. The minimum atomic E-state index is 0.107. The van der Waals surface area contributed by atoms with Crippen LogP contribution in [0.15, 0.2) is 24.3 Å². The highest BCUT2D eigenvalue weighted by atomic mass is 15.0. The van der Waals surface area contributed by atoms with Gasteiger partial charge in [0.15, 0.2) is 0 Å². The second kappa shape index (κ2) is 3.91. The first kappa shape index (κ1) is 10.9. The summed E-state index contributed by atoms with van der Waals surface area (Å²) in [7, 11) is 0. The van der Waals surface area contributed by atoms with Crippen molar-refractivity contribution in [3.05, 3.63) is 24.3 Å². The average Bonchev–Trinajstić information content (AvgIpc) is 2.08. The molecule has 2 heteroatoms. The Labute approximate surface area is 86.5 Å². The molecule has 0 heterocycles. The van der Waals surface area contributed by atoms with Crippen molar-refractivity contribution in [1.29, 1.82) is 0 Å². The Morgan fingerprint density at radius 3 is 2.07 bits per heavy atom. The van der Waals surface area contributed by atoms with Crippen molar-refractivity contribution in [2.24, 2.45) is 5.92 Å². The molecule has 3 N–H and O–H groups in total. The molecule has 14 heavy (non-hydrogen) atoms. The van der Waals surface area contributed by atoms with Crippen LogP contribution < -0.4 is 11.1 Å². The molecule has 0 aliphatic carbocycles. The fourth-order valence-corrected chi connectivity index (χ4v) is 1.08. The molecule has 1 rings (SSSR count). The van der Waals surface area contributed by atoms with E-state index in [9.17, 15) is 0 Å². The number of hydrogen-bond acceptors (Lipinski definition) is 2. The van der Waals surface area contributed by atoms with E-state index in [4.69, 9.17) is 5.73 Å². The largest absolute Gasteiger partial charge is 0.399 e. The van der Waals surface area contributed by atoms with Gasteiger partial charge in [0.1, 0.15) is 0 Å². The van der Waals surface area contributed by atoms with Crippen molar-refractivity contribution in [1.82, 2.24) is 0 Å². The predicted molar refractivity (Wildman–Crippen MR) is 63.4 cm³/mol. The molecule has 0 aliphatic rings. The summed E-state index contributed by atoms with van der Waals surface area (Å²) in [5.74, 6) is 0.583. The lowest BCUT2D eigenvalue weighted by Crippen LogP contribution is -2.36. The lowest BCUT2D eigenvalue weighted by molar-refractivity contribution is 0.407. The van der Waals surface area contributed by atoms with Crippen LogP contribution in [-0.4, -0.2) is 5.54 Å². The summed E-state index contributed by atoms with van der Waals surface area (Å²) in [4.78, 5) is 0. The molecule has 0 aromatic heterocycles. The first-order valence-electron chi connectivity index (χ1n) is 5.05. The summed E-state index contributed by atoms with van der Waals surface area (Å²) in [6.07, 6.45) is 0. The van der Waals surface area contributed by atoms with E-state index in [1.54, 1.807) is 0 Å². The maximum atomic E-state index is 5.62. The summed E-state index contributed by atoms with van der Waals surface area (Å²) in [6, 6.07) is 7.86. The van der Waals surface area contributed by atoms with Crippen molar-refractivity contribution in [3.63, 3.8) is 0 Å². The number of anilines is 2. The van der Waals surface area contributed by atoms with Crippen LogP contribution in [0.3, 0.4) is 0 Å². The molecule has 0 amide bonds. The lowest BCUT2D eigenvalue weighted by Gasteiger charge is -2.31. The third-order valence-electron chi connectivity index (χ3n) is 2.82. The fraction of sp³-hybridized carbons (Fsp3) is 0.500. The number of nitrogens with one attached hydrogen (secondary N) is 1. The maximum Gasteiger partial charge on any atom is 0.0345 e. The van der Waals surface area contributed by atoms with Gasteiger partial charge in [0.2, 0.25) is 0 Å². The van der Waals surface area contributed by atoms with Crippen LogP contribution in [-0.2, 0) is 0 Å². The van der Waals surface area contributed by atoms with Gasteiger partial charge in [-0.2, -0.15) is 0 Å². The SMILES string of the molecule is CC(C)C(C)(C)Nc1ccc(N)cc1. The van der Waals surface area contributed by atoms with E-state index in [-0.39, 0.29) is 5.54 Å². The molecule has 1 aromatic rings. The second-order valence-corrected chi connectivity index (χ2v) is 4.62. The summed E-state index contributed by atoms with van der Waals surface area (Å²) in [5, 5.41) is 3.49. The summed E-state index contributed by atoms with van der Waals surface area (Å²) in [5.41, 5.74) is 7.66. The van der Waals surface area contributed by atoms with Crippen LogP contribution in [0.1, 0.15) is 27.7 Å². The molecule has 0 saturated carbocycles. The van der Waals surface area contributed by atoms with Crippen molar-refractivity contribution in [3.8, 4) is 0 Å². The van der Waals surface area contributed by atoms with Gasteiger partial charge in [-0.25, -0.2) is 0 Å². The summed E-state index contributed by atoms with van der Waals surface area (Å²) < 4.78 is 0. The Morgan fingerprint density at radius 1 is 1.14 bits per heavy atom. The Balaban J connectivity index is 2.74. The zero-order chi connectivity index (χ0) is 10.8.